The molecule has 2 aromatic carbocycles. The van der Waals surface area contributed by atoms with Gasteiger partial charge in [0.25, 0.3) is 0 Å². The summed E-state index contributed by atoms with van der Waals surface area (Å²) < 4.78 is 5.40. The maximum absolute atomic E-state index is 12.2. The topological polar surface area (TPSA) is 41.6 Å². The molecular formula is C21H22Cl2N2O2. The Morgan fingerprint density at radius 1 is 1.07 bits per heavy atom. The average Bonchev–Trinajstić information content (AvgIpc) is 2.69. The monoisotopic (exact) mass is 404 g/mol. The molecule has 0 atom stereocenters. The van der Waals surface area contributed by atoms with Crippen molar-refractivity contribution in [2.75, 3.05) is 26.3 Å². The molecule has 0 aliphatic carbocycles. The molecule has 0 bridgehead atoms. The van der Waals surface area contributed by atoms with Gasteiger partial charge in [0.15, 0.2) is 0 Å². The van der Waals surface area contributed by atoms with Crippen LogP contribution in [0, 0.1) is 0 Å². The van der Waals surface area contributed by atoms with Gasteiger partial charge in [0, 0.05) is 32.3 Å². The molecule has 4 nitrogen and oxygen atoms in total. The highest BCUT2D eigenvalue weighted by Gasteiger charge is 2.12. The number of morpholine rings is 1. The number of hydrogen-bond donors (Lipinski definition) is 1. The van der Waals surface area contributed by atoms with Crippen LogP contribution in [0.25, 0.3) is 6.08 Å². The summed E-state index contributed by atoms with van der Waals surface area (Å²) >= 11 is 12.1. The molecule has 6 heteroatoms. The summed E-state index contributed by atoms with van der Waals surface area (Å²) in [6.07, 6.45) is 3.14. The number of rotatable bonds is 6. The minimum atomic E-state index is -0.174. The smallest absolute Gasteiger partial charge is 0.244 e. The number of amides is 1. The molecule has 1 fully saturated rings. The van der Waals surface area contributed by atoms with Crippen molar-refractivity contribution in [1.29, 1.82) is 0 Å². The van der Waals surface area contributed by atoms with Gasteiger partial charge < -0.3 is 10.1 Å². The van der Waals surface area contributed by atoms with Crippen LogP contribution in [0.2, 0.25) is 10.0 Å². The molecule has 1 amide bonds. The van der Waals surface area contributed by atoms with Gasteiger partial charge in [-0.1, -0.05) is 59.6 Å². The lowest BCUT2D eigenvalue weighted by molar-refractivity contribution is -0.116. The maximum atomic E-state index is 12.2. The van der Waals surface area contributed by atoms with Crippen LogP contribution in [0.5, 0.6) is 0 Å². The lowest BCUT2D eigenvalue weighted by atomic mass is 10.1. The first kappa shape index (κ1) is 19.9. The summed E-state index contributed by atoms with van der Waals surface area (Å²) in [5.74, 6) is -0.174. The van der Waals surface area contributed by atoms with Crippen molar-refractivity contribution in [1.82, 2.24) is 10.2 Å². The first-order valence-corrected chi connectivity index (χ1v) is 9.66. The van der Waals surface area contributed by atoms with Crippen LogP contribution in [-0.2, 0) is 22.6 Å². The van der Waals surface area contributed by atoms with E-state index in [0.717, 1.165) is 38.4 Å². The fraction of sp³-hybridized carbons (Fsp3) is 0.286. The second-order valence-corrected chi connectivity index (χ2v) is 7.14. The quantitative estimate of drug-likeness (QED) is 0.734. The summed E-state index contributed by atoms with van der Waals surface area (Å²) in [5.41, 5.74) is 3.06. The molecule has 142 valence electrons. The summed E-state index contributed by atoms with van der Waals surface area (Å²) in [6, 6.07) is 13.5. The van der Waals surface area contributed by atoms with Crippen LogP contribution in [0.4, 0.5) is 0 Å². The average molecular weight is 405 g/mol. The zero-order chi connectivity index (χ0) is 19.1. The molecule has 0 saturated carbocycles. The molecule has 1 aliphatic heterocycles. The second-order valence-electron chi connectivity index (χ2n) is 6.35. The third-order valence-corrected chi connectivity index (χ3v) is 5.30. The number of ether oxygens (including phenoxy) is 1. The van der Waals surface area contributed by atoms with E-state index in [4.69, 9.17) is 27.9 Å². The predicted octanol–water partition coefficient (Wildman–Crippen LogP) is 4.16. The molecule has 1 saturated heterocycles. The van der Waals surface area contributed by atoms with Gasteiger partial charge in [-0.15, -0.1) is 0 Å². The zero-order valence-electron chi connectivity index (χ0n) is 15.0. The maximum Gasteiger partial charge on any atom is 0.244 e. The van der Waals surface area contributed by atoms with Gasteiger partial charge in [0.1, 0.15) is 0 Å². The van der Waals surface area contributed by atoms with Crippen LogP contribution in [0.15, 0.2) is 48.5 Å². The molecule has 1 heterocycles. The first-order valence-electron chi connectivity index (χ1n) is 8.90. The predicted molar refractivity (Wildman–Crippen MR) is 110 cm³/mol. The number of carbonyl (C=O) groups is 1. The van der Waals surface area contributed by atoms with Gasteiger partial charge in [0.2, 0.25) is 5.91 Å². The third kappa shape index (κ3) is 5.81. The summed E-state index contributed by atoms with van der Waals surface area (Å²) in [4.78, 5) is 14.6. The van der Waals surface area contributed by atoms with Crippen LogP contribution in [0.3, 0.4) is 0 Å². The number of nitrogens with zero attached hydrogens (tertiary/aromatic N) is 1. The van der Waals surface area contributed by atoms with E-state index in [1.165, 1.54) is 11.6 Å². The number of halogens is 2. The Morgan fingerprint density at radius 3 is 2.59 bits per heavy atom. The van der Waals surface area contributed by atoms with E-state index < -0.39 is 0 Å². The Kier molecular flexibility index (Phi) is 7.30. The Balaban J connectivity index is 1.58. The molecule has 2 aromatic rings. The van der Waals surface area contributed by atoms with Gasteiger partial charge in [0.05, 0.1) is 23.3 Å². The molecule has 1 N–H and O–H groups in total. The van der Waals surface area contributed by atoms with Crippen molar-refractivity contribution in [3.63, 3.8) is 0 Å². The molecule has 0 unspecified atom stereocenters. The number of benzene rings is 2. The van der Waals surface area contributed by atoms with Crippen molar-refractivity contribution < 1.29 is 9.53 Å². The second kappa shape index (κ2) is 9.90. The molecular weight excluding hydrogens is 383 g/mol. The molecule has 3 rings (SSSR count). The van der Waals surface area contributed by atoms with Crippen LogP contribution in [0.1, 0.15) is 16.7 Å². The van der Waals surface area contributed by atoms with Crippen LogP contribution < -0.4 is 5.32 Å². The van der Waals surface area contributed by atoms with Gasteiger partial charge in [-0.3, -0.25) is 9.69 Å². The van der Waals surface area contributed by atoms with Gasteiger partial charge in [-0.25, -0.2) is 0 Å². The number of hydrogen-bond acceptors (Lipinski definition) is 3. The van der Waals surface area contributed by atoms with Gasteiger partial charge in [-0.05, 0) is 28.8 Å². The van der Waals surface area contributed by atoms with Crippen molar-refractivity contribution in [2.45, 2.75) is 13.1 Å². The minimum absolute atomic E-state index is 0.174. The standard InChI is InChI=1S/C21H22Cl2N2O2/c22-19-7-3-6-16(21(19)23)8-9-20(26)24-14-17-4-1-2-5-18(17)15-25-10-12-27-13-11-25/h1-9H,10-15H2,(H,24,26)/b9-8+. The van der Waals surface area contributed by atoms with Crippen molar-refractivity contribution >= 4 is 35.2 Å². The largest absolute Gasteiger partial charge is 0.379 e. The third-order valence-electron chi connectivity index (χ3n) is 4.46. The van der Waals surface area contributed by atoms with Crippen LogP contribution >= 0.6 is 23.2 Å². The number of nitrogens with one attached hydrogen (secondary N) is 1. The van der Waals surface area contributed by atoms with E-state index in [0.29, 0.717) is 22.2 Å². The van der Waals surface area contributed by atoms with Crippen molar-refractivity contribution in [3.05, 3.63) is 75.3 Å². The fourth-order valence-electron chi connectivity index (χ4n) is 2.94. The van der Waals surface area contributed by atoms with Gasteiger partial charge >= 0.3 is 0 Å². The summed E-state index contributed by atoms with van der Waals surface area (Å²) in [5, 5.41) is 3.85. The summed E-state index contributed by atoms with van der Waals surface area (Å²) in [7, 11) is 0. The van der Waals surface area contributed by atoms with E-state index in [1.807, 2.05) is 24.3 Å². The van der Waals surface area contributed by atoms with Gasteiger partial charge in [-0.2, -0.15) is 0 Å². The van der Waals surface area contributed by atoms with Crippen molar-refractivity contribution in [3.8, 4) is 0 Å². The highest BCUT2D eigenvalue weighted by Crippen LogP contribution is 2.26. The first-order chi connectivity index (χ1) is 13.1. The summed E-state index contributed by atoms with van der Waals surface area (Å²) in [6.45, 7) is 4.76. The lowest BCUT2D eigenvalue weighted by Gasteiger charge is -2.27. The highest BCUT2D eigenvalue weighted by atomic mass is 35.5. The molecule has 0 radical (unpaired) electrons. The minimum Gasteiger partial charge on any atom is -0.379 e. The zero-order valence-corrected chi connectivity index (χ0v) is 16.5. The van der Waals surface area contributed by atoms with E-state index in [2.05, 4.69) is 16.3 Å². The fourth-order valence-corrected chi connectivity index (χ4v) is 3.31. The SMILES string of the molecule is O=C(/C=C/c1cccc(Cl)c1Cl)NCc1ccccc1CN1CCOCC1. The molecule has 27 heavy (non-hydrogen) atoms. The van der Waals surface area contributed by atoms with E-state index in [1.54, 1.807) is 18.2 Å². The Labute approximate surface area is 169 Å². The normalized spacial score (nSPS) is 15.2. The Morgan fingerprint density at radius 2 is 1.81 bits per heavy atom. The van der Waals surface area contributed by atoms with E-state index in [9.17, 15) is 4.79 Å². The van der Waals surface area contributed by atoms with Crippen molar-refractivity contribution in [2.24, 2.45) is 0 Å². The molecule has 1 aliphatic rings. The Bertz CT molecular complexity index is 818. The number of carbonyl (C=O) groups excluding carboxylic acids is 1. The highest BCUT2D eigenvalue weighted by molar-refractivity contribution is 6.42. The van der Waals surface area contributed by atoms with E-state index in [-0.39, 0.29) is 5.91 Å². The molecule has 0 aromatic heterocycles. The van der Waals surface area contributed by atoms with E-state index >= 15 is 0 Å². The molecule has 0 spiro atoms. The Hall–Kier alpha value is -1.85. The lowest BCUT2D eigenvalue weighted by Crippen LogP contribution is -2.36. The van der Waals surface area contributed by atoms with Crippen LogP contribution in [-0.4, -0.2) is 37.1 Å².